The summed E-state index contributed by atoms with van der Waals surface area (Å²) in [5.74, 6) is 0. The quantitative estimate of drug-likeness (QED) is 0.745. The Kier molecular flexibility index (Phi) is 2.84. The van der Waals surface area contributed by atoms with E-state index >= 15 is 0 Å². The smallest absolute Gasteiger partial charge is 0.0813 e. The first kappa shape index (κ1) is 8.73. The van der Waals surface area contributed by atoms with Gasteiger partial charge in [-0.1, -0.05) is 22.0 Å². The molecular formula is C9H11BrOS. The van der Waals surface area contributed by atoms with Gasteiger partial charge in [0.25, 0.3) is 0 Å². The summed E-state index contributed by atoms with van der Waals surface area (Å²) in [5, 5.41) is 2.09. The maximum absolute atomic E-state index is 5.67. The number of thiophene rings is 1. The lowest BCUT2D eigenvalue weighted by molar-refractivity contribution is -0.00267. The molecule has 1 nitrogen and oxygen atoms in total. The third kappa shape index (κ3) is 2.09. The highest BCUT2D eigenvalue weighted by Crippen LogP contribution is 2.30. The van der Waals surface area contributed by atoms with E-state index in [9.17, 15) is 0 Å². The lowest BCUT2D eigenvalue weighted by Gasteiger charge is -2.30. The van der Waals surface area contributed by atoms with E-state index in [1.54, 1.807) is 11.3 Å². The molecule has 0 atom stereocenters. The van der Waals surface area contributed by atoms with Gasteiger partial charge in [0, 0.05) is 9.70 Å². The van der Waals surface area contributed by atoms with Gasteiger partial charge in [0.15, 0.2) is 0 Å². The molecule has 0 radical (unpaired) electrons. The van der Waals surface area contributed by atoms with Crippen molar-refractivity contribution < 1.29 is 4.74 Å². The second-order valence-electron chi connectivity index (χ2n) is 3.08. The molecule has 3 heteroatoms. The number of ether oxygens (including phenoxy) is 1. The number of hydrogen-bond acceptors (Lipinski definition) is 2. The Bertz CT molecular complexity index is 229. The zero-order valence-corrected chi connectivity index (χ0v) is 9.11. The van der Waals surface area contributed by atoms with Crippen LogP contribution in [0.25, 0.3) is 0 Å². The zero-order valence-electron chi connectivity index (χ0n) is 6.70. The third-order valence-electron chi connectivity index (χ3n) is 2.08. The Labute approximate surface area is 84.9 Å². The van der Waals surface area contributed by atoms with Gasteiger partial charge in [-0.2, -0.15) is 0 Å². The molecule has 0 aromatic carbocycles. The van der Waals surface area contributed by atoms with Crippen molar-refractivity contribution in [2.45, 2.75) is 30.4 Å². The number of rotatable bonds is 3. The lowest BCUT2D eigenvalue weighted by Crippen LogP contribution is -2.31. The summed E-state index contributed by atoms with van der Waals surface area (Å²) in [6.07, 6.45) is 2.84. The second kappa shape index (κ2) is 3.90. The van der Waals surface area contributed by atoms with Crippen LogP contribution in [0.5, 0.6) is 0 Å². The molecule has 66 valence electrons. The summed E-state index contributed by atoms with van der Waals surface area (Å²) in [6.45, 7) is 0.794. The molecule has 0 saturated heterocycles. The third-order valence-corrected chi connectivity index (χ3v) is 3.68. The average molecular weight is 247 g/mol. The summed E-state index contributed by atoms with van der Waals surface area (Å²) in [7, 11) is 0. The van der Waals surface area contributed by atoms with E-state index in [1.165, 1.54) is 17.7 Å². The minimum Gasteiger partial charge on any atom is -0.373 e. The van der Waals surface area contributed by atoms with Crippen LogP contribution >= 0.6 is 27.3 Å². The van der Waals surface area contributed by atoms with Crippen LogP contribution in [-0.2, 0) is 11.3 Å². The Morgan fingerprint density at radius 3 is 3.00 bits per heavy atom. The normalized spacial score (nSPS) is 28.4. The number of alkyl halides is 1. The first-order valence-electron chi connectivity index (χ1n) is 4.12. The van der Waals surface area contributed by atoms with Crippen molar-refractivity contribution in [3.63, 3.8) is 0 Å². The van der Waals surface area contributed by atoms with Crippen LogP contribution in [0.1, 0.15) is 17.7 Å². The molecule has 0 amide bonds. The van der Waals surface area contributed by atoms with Crippen LogP contribution in [-0.4, -0.2) is 10.9 Å². The monoisotopic (exact) mass is 246 g/mol. The molecule has 0 spiro atoms. The van der Waals surface area contributed by atoms with Crippen molar-refractivity contribution in [2.24, 2.45) is 0 Å². The molecule has 0 N–H and O–H groups in total. The van der Waals surface area contributed by atoms with Crippen molar-refractivity contribution in [1.82, 2.24) is 0 Å². The minimum atomic E-state index is 0.497. The summed E-state index contributed by atoms with van der Waals surface area (Å²) in [5.41, 5.74) is 0. The van der Waals surface area contributed by atoms with Gasteiger partial charge in [-0.3, -0.25) is 0 Å². The maximum Gasteiger partial charge on any atom is 0.0813 e. The van der Waals surface area contributed by atoms with Crippen LogP contribution < -0.4 is 0 Å². The fourth-order valence-corrected chi connectivity index (χ4v) is 2.69. The average Bonchev–Trinajstić information content (AvgIpc) is 2.47. The van der Waals surface area contributed by atoms with E-state index in [1.807, 2.05) is 0 Å². The number of halogens is 1. The van der Waals surface area contributed by atoms with Gasteiger partial charge >= 0.3 is 0 Å². The maximum atomic E-state index is 5.67. The number of hydrogen-bond donors (Lipinski definition) is 0. The van der Waals surface area contributed by atoms with Crippen molar-refractivity contribution in [1.29, 1.82) is 0 Å². The largest absolute Gasteiger partial charge is 0.373 e. The molecule has 1 aliphatic rings. The highest BCUT2D eigenvalue weighted by atomic mass is 79.9. The summed E-state index contributed by atoms with van der Waals surface area (Å²) in [6, 6.07) is 4.19. The Morgan fingerprint density at radius 2 is 2.42 bits per heavy atom. The molecule has 1 aliphatic carbocycles. The van der Waals surface area contributed by atoms with E-state index in [0.29, 0.717) is 10.9 Å². The van der Waals surface area contributed by atoms with E-state index in [2.05, 4.69) is 33.4 Å². The van der Waals surface area contributed by atoms with Crippen molar-refractivity contribution in [2.75, 3.05) is 0 Å². The van der Waals surface area contributed by atoms with Crippen molar-refractivity contribution >= 4 is 27.3 Å². The van der Waals surface area contributed by atoms with Crippen LogP contribution in [0, 0.1) is 0 Å². The van der Waals surface area contributed by atoms with E-state index in [4.69, 9.17) is 4.74 Å². The summed E-state index contributed by atoms with van der Waals surface area (Å²) >= 11 is 5.31. The van der Waals surface area contributed by atoms with E-state index in [0.717, 1.165) is 6.61 Å². The molecule has 12 heavy (non-hydrogen) atoms. The molecule has 1 saturated carbocycles. The Morgan fingerprint density at radius 1 is 1.58 bits per heavy atom. The van der Waals surface area contributed by atoms with Gasteiger partial charge in [0.1, 0.15) is 0 Å². The topological polar surface area (TPSA) is 9.23 Å². The van der Waals surface area contributed by atoms with Gasteiger partial charge in [-0.15, -0.1) is 11.3 Å². The predicted octanol–water partition coefficient (Wildman–Crippen LogP) is 3.19. The fraction of sp³-hybridized carbons (Fsp3) is 0.556. The summed E-state index contributed by atoms with van der Waals surface area (Å²) in [4.78, 5) is 2.03. The molecule has 0 unspecified atom stereocenters. The molecular weight excluding hydrogens is 236 g/mol. The standard InChI is InChI=1S/C9H11BrOS/c10-7-4-8(5-7)11-6-9-2-1-3-12-9/h1-3,7-8H,4-6H2. The lowest BCUT2D eigenvalue weighted by atomic mass is 9.96. The molecule has 2 rings (SSSR count). The fourth-order valence-electron chi connectivity index (χ4n) is 1.23. The molecule has 1 aromatic rings. The molecule has 1 aromatic heterocycles. The van der Waals surface area contributed by atoms with Crippen LogP contribution in [0.4, 0.5) is 0 Å². The predicted molar refractivity (Wildman–Crippen MR) is 54.8 cm³/mol. The minimum absolute atomic E-state index is 0.497. The second-order valence-corrected chi connectivity index (χ2v) is 5.41. The van der Waals surface area contributed by atoms with E-state index in [-0.39, 0.29) is 0 Å². The van der Waals surface area contributed by atoms with Crippen LogP contribution in [0.15, 0.2) is 17.5 Å². The zero-order chi connectivity index (χ0) is 8.39. The molecule has 0 aliphatic heterocycles. The summed E-state index contributed by atoms with van der Waals surface area (Å²) < 4.78 is 5.67. The van der Waals surface area contributed by atoms with Gasteiger partial charge in [-0.25, -0.2) is 0 Å². The highest BCUT2D eigenvalue weighted by Gasteiger charge is 2.27. The van der Waals surface area contributed by atoms with Crippen LogP contribution in [0.3, 0.4) is 0 Å². The van der Waals surface area contributed by atoms with Crippen molar-refractivity contribution in [3.8, 4) is 0 Å². The van der Waals surface area contributed by atoms with E-state index < -0.39 is 0 Å². The Balaban J connectivity index is 1.70. The van der Waals surface area contributed by atoms with Crippen molar-refractivity contribution in [3.05, 3.63) is 22.4 Å². The highest BCUT2D eigenvalue weighted by molar-refractivity contribution is 9.09. The van der Waals surface area contributed by atoms with Gasteiger partial charge in [0.05, 0.1) is 12.7 Å². The van der Waals surface area contributed by atoms with Gasteiger partial charge in [0.2, 0.25) is 0 Å². The van der Waals surface area contributed by atoms with Crippen LogP contribution in [0.2, 0.25) is 0 Å². The SMILES string of the molecule is BrC1CC(OCc2cccs2)C1. The molecule has 0 bridgehead atoms. The van der Waals surface area contributed by atoms with Gasteiger partial charge in [-0.05, 0) is 24.3 Å². The Hall–Kier alpha value is 0.140. The molecule has 1 fully saturated rings. The van der Waals surface area contributed by atoms with Gasteiger partial charge < -0.3 is 4.74 Å². The first-order chi connectivity index (χ1) is 5.84. The molecule has 1 heterocycles. The first-order valence-corrected chi connectivity index (χ1v) is 5.92.